The number of hydrogen-bond acceptors (Lipinski definition) is 6. The van der Waals surface area contributed by atoms with Crippen molar-refractivity contribution >= 4 is 46.7 Å². The molecule has 2 aromatic rings. The van der Waals surface area contributed by atoms with Crippen LogP contribution in [0, 0.1) is 0 Å². The fourth-order valence-electron chi connectivity index (χ4n) is 5.09. The van der Waals surface area contributed by atoms with E-state index in [1.165, 1.54) is 0 Å². The van der Waals surface area contributed by atoms with Gasteiger partial charge >= 0.3 is 0 Å². The highest BCUT2D eigenvalue weighted by Gasteiger charge is 2.28. The molecule has 2 rings (SSSR count). The van der Waals surface area contributed by atoms with Crippen molar-refractivity contribution in [2.75, 3.05) is 33.6 Å². The van der Waals surface area contributed by atoms with Crippen LogP contribution < -0.4 is 10.6 Å². The lowest BCUT2D eigenvalue weighted by Crippen LogP contribution is -2.19. The van der Waals surface area contributed by atoms with Gasteiger partial charge in [0.2, 0.25) is 11.8 Å². The average molecular weight is 673 g/mol. The number of aromatic hydroxyl groups is 2. The van der Waals surface area contributed by atoms with Gasteiger partial charge in [0.1, 0.15) is 11.5 Å². The van der Waals surface area contributed by atoms with Crippen LogP contribution in [0.3, 0.4) is 0 Å². The van der Waals surface area contributed by atoms with Gasteiger partial charge in [-0.15, -0.1) is 0 Å². The zero-order chi connectivity index (χ0) is 35.1. The van der Waals surface area contributed by atoms with Gasteiger partial charge in [-0.2, -0.15) is 23.5 Å². The monoisotopic (exact) mass is 672 g/mol. The number of phenols is 2. The van der Waals surface area contributed by atoms with Crippen LogP contribution in [-0.2, 0) is 31.2 Å². The lowest BCUT2D eigenvalue weighted by atomic mass is 9.79. The maximum Gasteiger partial charge on any atom is 0.225 e. The largest absolute Gasteiger partial charge is 0.507 e. The molecule has 2 amide bonds. The number of unbranched alkanes of at least 4 members (excludes halogenated alkanes) is 1. The van der Waals surface area contributed by atoms with Gasteiger partial charge in [-0.3, -0.25) is 9.59 Å². The van der Waals surface area contributed by atoms with Crippen LogP contribution in [0.2, 0.25) is 0 Å². The van der Waals surface area contributed by atoms with Crippen molar-refractivity contribution in [2.45, 2.75) is 130 Å². The Morgan fingerprint density at radius 1 is 0.522 bits per heavy atom. The van der Waals surface area contributed by atoms with Gasteiger partial charge in [0.05, 0.1) is 0 Å². The number of phenolic OH excluding ortho intramolecular Hbond substituents is 2. The van der Waals surface area contributed by atoms with Crippen LogP contribution in [0.5, 0.6) is 11.5 Å². The van der Waals surface area contributed by atoms with E-state index in [0.717, 1.165) is 69.5 Å². The number of rotatable bonds is 13. The summed E-state index contributed by atoms with van der Waals surface area (Å²) in [5, 5.41) is 27.9. The van der Waals surface area contributed by atoms with E-state index in [2.05, 4.69) is 93.7 Å². The van der Waals surface area contributed by atoms with E-state index in [4.69, 9.17) is 0 Å². The normalized spacial score (nSPS) is 12.7. The van der Waals surface area contributed by atoms with Crippen LogP contribution in [0.4, 0.5) is 11.4 Å². The van der Waals surface area contributed by atoms with Crippen molar-refractivity contribution in [3.05, 3.63) is 46.5 Å². The molecule has 0 aliphatic heterocycles. The van der Waals surface area contributed by atoms with E-state index in [9.17, 15) is 19.8 Å². The van der Waals surface area contributed by atoms with Crippen LogP contribution >= 0.6 is 23.5 Å². The summed E-state index contributed by atoms with van der Waals surface area (Å²) in [7, 11) is 0. The average Bonchev–Trinajstić information content (AvgIpc) is 2.88. The van der Waals surface area contributed by atoms with Crippen molar-refractivity contribution < 1.29 is 19.8 Å². The molecule has 0 unspecified atom stereocenters. The number of amides is 2. The maximum atomic E-state index is 12.7. The minimum atomic E-state index is -0.244. The Balaban J connectivity index is 1.71. The molecule has 0 aliphatic carbocycles. The van der Waals surface area contributed by atoms with E-state index in [1.54, 1.807) is 23.5 Å². The van der Waals surface area contributed by atoms with E-state index in [-0.39, 0.29) is 33.5 Å². The number of anilines is 2. The minimum Gasteiger partial charge on any atom is -0.507 e. The lowest BCUT2D eigenvalue weighted by molar-refractivity contribution is -0.116. The Labute approximate surface area is 287 Å². The van der Waals surface area contributed by atoms with Gasteiger partial charge in [-0.25, -0.2) is 0 Å². The van der Waals surface area contributed by atoms with Gasteiger partial charge in [0.25, 0.3) is 0 Å². The molecule has 2 aromatic carbocycles. The summed E-state index contributed by atoms with van der Waals surface area (Å²) >= 11 is 3.59. The van der Waals surface area contributed by atoms with Crippen molar-refractivity contribution in [1.82, 2.24) is 0 Å². The third-order valence-corrected chi connectivity index (χ3v) is 9.93. The fourth-order valence-corrected chi connectivity index (χ4v) is 6.97. The van der Waals surface area contributed by atoms with Crippen LogP contribution in [0.1, 0.15) is 131 Å². The predicted molar refractivity (Wildman–Crippen MR) is 201 cm³/mol. The molecular weight excluding hydrogens is 613 g/mol. The lowest BCUT2D eigenvalue weighted by Gasteiger charge is -2.28. The summed E-state index contributed by atoms with van der Waals surface area (Å²) in [6.45, 7) is 24.8. The molecule has 0 saturated carbocycles. The summed E-state index contributed by atoms with van der Waals surface area (Å²) in [6.07, 6.45) is 3.04. The molecule has 0 atom stereocenters. The van der Waals surface area contributed by atoms with Gasteiger partial charge < -0.3 is 20.8 Å². The third-order valence-electron chi connectivity index (χ3n) is 7.79. The van der Waals surface area contributed by atoms with Crippen LogP contribution in [-0.4, -0.2) is 45.0 Å². The second-order valence-corrected chi connectivity index (χ2v) is 18.8. The number of nitrogens with one attached hydrogen (secondary N) is 2. The standard InChI is InChI=1S/C38H60N2O4S2/c1-35(2,3)27-21-25(22-28(33(27)43)36(4,5)6)39-31(41)15-19-45-17-13-14-18-46-20-16-32(42)40-26-23-29(37(7,8)9)34(44)30(24-26)38(10,11)12/h21-24,43-44H,13-20H2,1-12H3,(H,39,41)(H,40,42). The van der Waals surface area contributed by atoms with Gasteiger partial charge in [-0.05, 0) is 70.3 Å². The summed E-state index contributed by atoms with van der Waals surface area (Å²) in [5.74, 6) is 4.14. The Morgan fingerprint density at radius 2 is 0.783 bits per heavy atom. The molecule has 0 heterocycles. The first-order chi connectivity index (χ1) is 21.0. The number of benzene rings is 2. The van der Waals surface area contributed by atoms with Gasteiger partial charge in [0.15, 0.2) is 0 Å². The van der Waals surface area contributed by atoms with Gasteiger partial charge in [-0.1, -0.05) is 83.1 Å². The maximum absolute atomic E-state index is 12.7. The molecule has 46 heavy (non-hydrogen) atoms. The van der Waals surface area contributed by atoms with E-state index in [0.29, 0.717) is 24.3 Å². The molecule has 0 radical (unpaired) electrons. The molecule has 258 valence electrons. The Kier molecular flexibility index (Phi) is 14.0. The SMILES string of the molecule is CC(C)(C)c1cc(NC(=O)CCSCCCCSCCC(=O)Nc2cc(C(C)(C)C)c(O)c(C(C)(C)C)c2)cc(C(C)(C)C)c1O. The smallest absolute Gasteiger partial charge is 0.225 e. The first kappa shape index (κ1) is 39.9. The minimum absolute atomic E-state index is 0.0108. The quantitative estimate of drug-likeness (QED) is 0.125. The molecule has 0 bridgehead atoms. The van der Waals surface area contributed by atoms with E-state index < -0.39 is 0 Å². The highest BCUT2D eigenvalue weighted by atomic mass is 32.2. The Hall–Kier alpha value is -2.32. The molecule has 0 spiro atoms. The molecule has 6 nitrogen and oxygen atoms in total. The fraction of sp³-hybridized carbons (Fsp3) is 0.632. The molecule has 0 saturated heterocycles. The summed E-state index contributed by atoms with van der Waals surface area (Å²) in [4.78, 5) is 25.4. The van der Waals surface area contributed by atoms with Crippen LogP contribution in [0.25, 0.3) is 0 Å². The number of hydrogen-bond donors (Lipinski definition) is 4. The Morgan fingerprint density at radius 3 is 1.02 bits per heavy atom. The van der Waals surface area contributed by atoms with Crippen LogP contribution in [0.15, 0.2) is 24.3 Å². The predicted octanol–water partition coefficient (Wildman–Crippen LogP) is 9.89. The summed E-state index contributed by atoms with van der Waals surface area (Å²) in [5.41, 5.74) is 3.85. The number of carbonyl (C=O) groups is 2. The molecule has 0 fully saturated rings. The zero-order valence-corrected chi connectivity index (χ0v) is 32.1. The Bertz CT molecular complexity index is 1170. The first-order valence-electron chi connectivity index (χ1n) is 16.5. The topological polar surface area (TPSA) is 98.7 Å². The summed E-state index contributed by atoms with van der Waals surface area (Å²) < 4.78 is 0. The zero-order valence-electron chi connectivity index (χ0n) is 30.5. The molecule has 8 heteroatoms. The second kappa shape index (κ2) is 16.2. The highest BCUT2D eigenvalue weighted by molar-refractivity contribution is 7.99. The van der Waals surface area contributed by atoms with E-state index >= 15 is 0 Å². The van der Waals surface area contributed by atoms with Crippen molar-refractivity contribution in [3.8, 4) is 11.5 Å². The van der Waals surface area contributed by atoms with Crippen molar-refractivity contribution in [1.29, 1.82) is 0 Å². The number of carbonyl (C=O) groups excluding carboxylic acids is 2. The summed E-state index contributed by atoms with van der Waals surface area (Å²) in [6, 6.07) is 7.59. The number of thioether (sulfide) groups is 2. The van der Waals surface area contributed by atoms with Crippen molar-refractivity contribution in [3.63, 3.8) is 0 Å². The molecule has 0 aliphatic rings. The molecule has 0 aromatic heterocycles. The highest BCUT2D eigenvalue weighted by Crippen LogP contribution is 2.42. The molecular formula is C38H60N2O4S2. The third kappa shape index (κ3) is 12.4. The van der Waals surface area contributed by atoms with Crippen molar-refractivity contribution in [2.24, 2.45) is 0 Å². The second-order valence-electron chi connectivity index (χ2n) is 16.4. The first-order valence-corrected chi connectivity index (χ1v) is 18.8. The van der Waals surface area contributed by atoms with E-state index in [1.807, 2.05) is 24.3 Å². The molecule has 4 N–H and O–H groups in total. The van der Waals surface area contributed by atoms with Gasteiger partial charge in [0, 0.05) is 58.0 Å².